The zero-order valence-electron chi connectivity index (χ0n) is 6.32. The molecule has 0 bridgehead atoms. The first-order valence-electron chi connectivity index (χ1n) is 3.44. The minimum absolute atomic E-state index is 0.0470. The highest BCUT2D eigenvalue weighted by Gasteiger charge is 2.10. The Morgan fingerprint density at radius 2 is 2.31 bits per heavy atom. The molecule has 0 radical (unpaired) electrons. The van der Waals surface area contributed by atoms with Gasteiger partial charge in [0.2, 0.25) is 0 Å². The van der Waals surface area contributed by atoms with Crippen molar-refractivity contribution in [3.63, 3.8) is 0 Å². The van der Waals surface area contributed by atoms with Gasteiger partial charge in [0, 0.05) is 0 Å². The lowest BCUT2D eigenvalue weighted by Crippen LogP contribution is -1.96. The molecule has 0 aliphatic carbocycles. The van der Waals surface area contributed by atoms with E-state index in [0.29, 0.717) is 4.70 Å². The van der Waals surface area contributed by atoms with Crippen LogP contribution in [0.15, 0.2) is 17.6 Å². The SMILES string of the molecule is O=C(O)c1cc(F)c2ncsc2c1. The van der Waals surface area contributed by atoms with Crippen LogP contribution < -0.4 is 0 Å². The number of nitrogens with zero attached hydrogens (tertiary/aromatic N) is 1. The average Bonchev–Trinajstić information content (AvgIpc) is 2.51. The van der Waals surface area contributed by atoms with Crippen molar-refractivity contribution in [2.75, 3.05) is 0 Å². The highest BCUT2D eigenvalue weighted by Crippen LogP contribution is 2.22. The molecule has 2 rings (SSSR count). The van der Waals surface area contributed by atoms with Crippen molar-refractivity contribution < 1.29 is 14.3 Å². The van der Waals surface area contributed by atoms with Gasteiger partial charge in [-0.25, -0.2) is 14.2 Å². The van der Waals surface area contributed by atoms with E-state index in [2.05, 4.69) is 4.98 Å². The summed E-state index contributed by atoms with van der Waals surface area (Å²) in [5.41, 5.74) is 1.67. The summed E-state index contributed by atoms with van der Waals surface area (Å²) in [5, 5.41) is 8.62. The molecule has 1 heterocycles. The van der Waals surface area contributed by atoms with E-state index >= 15 is 0 Å². The maximum Gasteiger partial charge on any atom is 0.335 e. The van der Waals surface area contributed by atoms with Crippen LogP contribution >= 0.6 is 11.3 Å². The van der Waals surface area contributed by atoms with Gasteiger partial charge >= 0.3 is 5.97 Å². The van der Waals surface area contributed by atoms with Gasteiger partial charge in [0.05, 0.1) is 15.8 Å². The van der Waals surface area contributed by atoms with Gasteiger partial charge in [-0.2, -0.15) is 0 Å². The second-order valence-electron chi connectivity index (χ2n) is 2.46. The smallest absolute Gasteiger partial charge is 0.335 e. The van der Waals surface area contributed by atoms with Gasteiger partial charge in [0.15, 0.2) is 5.82 Å². The van der Waals surface area contributed by atoms with Gasteiger partial charge in [-0.1, -0.05) is 0 Å². The molecular formula is C8H4FNO2S. The van der Waals surface area contributed by atoms with Crippen molar-refractivity contribution in [2.24, 2.45) is 0 Å². The van der Waals surface area contributed by atoms with Crippen molar-refractivity contribution in [3.8, 4) is 0 Å². The number of fused-ring (bicyclic) bond motifs is 1. The first-order chi connectivity index (χ1) is 6.18. The van der Waals surface area contributed by atoms with Crippen molar-refractivity contribution in [1.29, 1.82) is 0 Å². The van der Waals surface area contributed by atoms with Crippen LogP contribution in [0.2, 0.25) is 0 Å². The Bertz CT molecular complexity index is 480. The highest BCUT2D eigenvalue weighted by atomic mass is 32.1. The van der Waals surface area contributed by atoms with E-state index in [9.17, 15) is 9.18 Å². The predicted octanol–water partition coefficient (Wildman–Crippen LogP) is 2.13. The van der Waals surface area contributed by atoms with Gasteiger partial charge in [0.1, 0.15) is 5.52 Å². The summed E-state index contributed by atoms with van der Waals surface area (Å²) in [6.45, 7) is 0. The molecular weight excluding hydrogens is 193 g/mol. The van der Waals surface area contributed by atoms with E-state index in [1.165, 1.54) is 22.9 Å². The van der Waals surface area contributed by atoms with Gasteiger partial charge < -0.3 is 5.11 Å². The van der Waals surface area contributed by atoms with E-state index < -0.39 is 11.8 Å². The number of carbonyl (C=O) groups is 1. The molecule has 13 heavy (non-hydrogen) atoms. The number of hydrogen-bond donors (Lipinski definition) is 1. The summed E-state index contributed by atoms with van der Waals surface area (Å²) in [4.78, 5) is 14.3. The maximum atomic E-state index is 13.1. The molecule has 1 aromatic heterocycles. The number of rotatable bonds is 1. The van der Waals surface area contributed by atoms with Gasteiger partial charge in [-0.15, -0.1) is 11.3 Å². The lowest BCUT2D eigenvalue weighted by atomic mass is 10.2. The molecule has 0 spiro atoms. The summed E-state index contributed by atoms with van der Waals surface area (Å²) in [7, 11) is 0. The van der Waals surface area contributed by atoms with Crippen LogP contribution in [0.3, 0.4) is 0 Å². The zero-order chi connectivity index (χ0) is 9.42. The number of benzene rings is 1. The fraction of sp³-hybridized carbons (Fsp3) is 0. The average molecular weight is 197 g/mol. The van der Waals surface area contributed by atoms with Crippen molar-refractivity contribution >= 4 is 27.5 Å². The number of halogens is 1. The summed E-state index contributed by atoms with van der Waals surface area (Å²) in [5.74, 6) is -1.72. The molecule has 0 amide bonds. The van der Waals surface area contributed by atoms with Gasteiger partial charge in [0.25, 0.3) is 0 Å². The van der Waals surface area contributed by atoms with Crippen LogP contribution in [0.25, 0.3) is 10.2 Å². The first-order valence-corrected chi connectivity index (χ1v) is 4.32. The Labute approximate surface area is 76.5 Å². The quantitative estimate of drug-likeness (QED) is 0.761. The van der Waals surface area contributed by atoms with E-state index in [1.54, 1.807) is 0 Å². The summed E-state index contributed by atoms with van der Waals surface area (Å²) >= 11 is 1.22. The summed E-state index contributed by atoms with van der Waals surface area (Å²) in [6.07, 6.45) is 0. The molecule has 0 aliphatic heterocycles. The van der Waals surface area contributed by atoms with Crippen LogP contribution in [0.4, 0.5) is 4.39 Å². The molecule has 3 nitrogen and oxygen atoms in total. The Hall–Kier alpha value is -1.49. The first kappa shape index (κ1) is 8.12. The Morgan fingerprint density at radius 1 is 1.54 bits per heavy atom. The molecule has 0 unspecified atom stereocenters. The number of carboxylic acid groups (broad SMARTS) is 1. The maximum absolute atomic E-state index is 13.1. The molecule has 5 heteroatoms. The minimum Gasteiger partial charge on any atom is -0.478 e. The number of thiazole rings is 1. The summed E-state index contributed by atoms with van der Waals surface area (Å²) < 4.78 is 13.7. The largest absolute Gasteiger partial charge is 0.478 e. The highest BCUT2D eigenvalue weighted by molar-refractivity contribution is 7.16. The minimum atomic E-state index is -1.13. The molecule has 0 saturated heterocycles. The lowest BCUT2D eigenvalue weighted by molar-refractivity contribution is 0.0696. The van der Waals surface area contributed by atoms with Crippen LogP contribution in [-0.4, -0.2) is 16.1 Å². The second kappa shape index (κ2) is 2.77. The Morgan fingerprint density at radius 3 is 3.00 bits per heavy atom. The molecule has 2 aromatic rings. The third kappa shape index (κ3) is 1.27. The fourth-order valence-electron chi connectivity index (χ4n) is 1.05. The van der Waals surface area contributed by atoms with E-state index in [4.69, 9.17) is 5.11 Å². The number of hydrogen-bond acceptors (Lipinski definition) is 3. The van der Waals surface area contributed by atoms with Crippen LogP contribution in [0.5, 0.6) is 0 Å². The Kier molecular flexibility index (Phi) is 1.73. The number of aromatic carboxylic acids is 1. The number of aromatic nitrogens is 1. The molecule has 1 N–H and O–H groups in total. The van der Waals surface area contributed by atoms with E-state index in [0.717, 1.165) is 6.07 Å². The standard InChI is InChI=1S/C8H4FNO2S/c9-5-1-4(8(11)12)2-6-7(5)10-3-13-6/h1-3H,(H,11,12). The molecule has 1 aromatic carbocycles. The van der Waals surface area contributed by atoms with E-state index in [-0.39, 0.29) is 11.1 Å². The third-order valence-corrected chi connectivity index (χ3v) is 2.41. The van der Waals surface area contributed by atoms with Crippen LogP contribution in [0, 0.1) is 5.82 Å². The van der Waals surface area contributed by atoms with Crippen LogP contribution in [0.1, 0.15) is 10.4 Å². The number of carboxylic acids is 1. The second-order valence-corrected chi connectivity index (χ2v) is 3.35. The van der Waals surface area contributed by atoms with Crippen LogP contribution in [-0.2, 0) is 0 Å². The third-order valence-electron chi connectivity index (χ3n) is 1.64. The normalized spacial score (nSPS) is 10.5. The molecule has 0 atom stereocenters. The molecule has 0 aliphatic rings. The molecule has 66 valence electrons. The van der Waals surface area contributed by atoms with E-state index in [1.807, 2.05) is 0 Å². The Balaban J connectivity index is 2.77. The monoisotopic (exact) mass is 197 g/mol. The van der Waals surface area contributed by atoms with Gasteiger partial charge in [-0.05, 0) is 12.1 Å². The predicted molar refractivity (Wildman–Crippen MR) is 46.5 cm³/mol. The van der Waals surface area contributed by atoms with Gasteiger partial charge in [-0.3, -0.25) is 0 Å². The van der Waals surface area contributed by atoms with Crippen molar-refractivity contribution in [3.05, 3.63) is 29.0 Å². The van der Waals surface area contributed by atoms with Crippen molar-refractivity contribution in [2.45, 2.75) is 0 Å². The van der Waals surface area contributed by atoms with Crippen molar-refractivity contribution in [1.82, 2.24) is 4.98 Å². The fourth-order valence-corrected chi connectivity index (χ4v) is 1.78. The topological polar surface area (TPSA) is 50.2 Å². The summed E-state index contributed by atoms with van der Waals surface area (Å²) in [6, 6.07) is 2.39. The molecule has 0 fully saturated rings. The lowest BCUT2D eigenvalue weighted by Gasteiger charge is -1.94. The zero-order valence-corrected chi connectivity index (χ0v) is 7.14. The molecule has 0 saturated carbocycles.